The third-order valence-electron chi connectivity index (χ3n) is 2.43. The van der Waals surface area contributed by atoms with Crippen molar-refractivity contribution in [1.29, 1.82) is 0 Å². The van der Waals surface area contributed by atoms with Crippen LogP contribution in [0.25, 0.3) is 0 Å². The quantitative estimate of drug-likeness (QED) is 0.615. The van der Waals surface area contributed by atoms with Crippen LogP contribution in [0.5, 0.6) is 5.75 Å². The van der Waals surface area contributed by atoms with Crippen molar-refractivity contribution in [2.24, 2.45) is 0 Å². The number of hydrogen-bond donors (Lipinski definition) is 0. The number of rotatable bonds is 5. The maximum absolute atomic E-state index is 12.9. The molecule has 112 valence electrons. The van der Waals surface area contributed by atoms with Gasteiger partial charge in [0.2, 0.25) is 0 Å². The molecule has 1 rings (SSSR count). The molecule has 20 heavy (non-hydrogen) atoms. The number of esters is 1. The molecular weight excluding hydrogens is 287 g/mol. The van der Waals surface area contributed by atoms with Gasteiger partial charge in [-0.2, -0.15) is 0 Å². The molecule has 0 fully saturated rings. The van der Waals surface area contributed by atoms with Crippen LogP contribution in [-0.2, 0) is 16.0 Å². The van der Waals surface area contributed by atoms with Gasteiger partial charge < -0.3 is 9.47 Å². The van der Waals surface area contributed by atoms with Gasteiger partial charge in [0, 0.05) is 6.42 Å². The van der Waals surface area contributed by atoms with Gasteiger partial charge in [-0.1, -0.05) is 12.1 Å². The summed E-state index contributed by atoms with van der Waals surface area (Å²) in [6.07, 6.45) is -8.60. The van der Waals surface area contributed by atoms with E-state index >= 15 is 0 Å². The average Bonchev–Trinajstić information content (AvgIpc) is 2.33. The van der Waals surface area contributed by atoms with Gasteiger partial charge >= 0.3 is 12.3 Å². The van der Waals surface area contributed by atoms with E-state index in [9.17, 15) is 26.7 Å². The molecule has 0 unspecified atom stereocenters. The molecule has 0 amide bonds. The average molecular weight is 298 g/mol. The van der Waals surface area contributed by atoms with Crippen molar-refractivity contribution in [2.75, 3.05) is 7.11 Å². The van der Waals surface area contributed by atoms with Gasteiger partial charge in [-0.15, -0.1) is 13.2 Å². The van der Waals surface area contributed by atoms with Crippen LogP contribution in [0.2, 0.25) is 0 Å². The van der Waals surface area contributed by atoms with E-state index in [0.29, 0.717) is 0 Å². The maximum Gasteiger partial charge on any atom is 0.573 e. The highest BCUT2D eigenvalue weighted by Gasteiger charge is 2.33. The number of halogens is 5. The SMILES string of the molecule is COC(=O)CCc1cccc(OC(F)(F)F)c1C(F)F. The Kier molecular flexibility index (Phi) is 5.29. The number of hydrogen-bond acceptors (Lipinski definition) is 3. The molecular formula is C12H11F5O3. The fourth-order valence-corrected chi connectivity index (χ4v) is 1.61. The van der Waals surface area contributed by atoms with Crippen LogP contribution in [-0.4, -0.2) is 19.4 Å². The number of alkyl halides is 5. The van der Waals surface area contributed by atoms with Crippen LogP contribution in [0.15, 0.2) is 18.2 Å². The fourth-order valence-electron chi connectivity index (χ4n) is 1.61. The Morgan fingerprint density at radius 2 is 1.95 bits per heavy atom. The molecule has 3 nitrogen and oxygen atoms in total. The van der Waals surface area contributed by atoms with E-state index in [1.54, 1.807) is 0 Å². The second-order valence-electron chi connectivity index (χ2n) is 3.75. The standard InChI is InChI=1S/C12H11F5O3/c1-19-9(18)6-5-7-3-2-4-8(10(7)11(13)14)20-12(15,16)17/h2-4,11H,5-6H2,1H3. The lowest BCUT2D eigenvalue weighted by atomic mass is 10.0. The van der Waals surface area contributed by atoms with Crippen molar-refractivity contribution in [3.63, 3.8) is 0 Å². The molecule has 0 aliphatic heterocycles. The summed E-state index contributed by atoms with van der Waals surface area (Å²) in [5, 5.41) is 0. The van der Waals surface area contributed by atoms with Crippen molar-refractivity contribution in [3.05, 3.63) is 29.3 Å². The molecule has 1 aromatic rings. The van der Waals surface area contributed by atoms with E-state index in [1.807, 2.05) is 0 Å². The summed E-state index contributed by atoms with van der Waals surface area (Å²) in [5.74, 6) is -1.61. The smallest absolute Gasteiger partial charge is 0.469 e. The Bertz CT molecular complexity index is 471. The first-order valence-corrected chi connectivity index (χ1v) is 5.47. The summed E-state index contributed by atoms with van der Waals surface area (Å²) in [4.78, 5) is 11.0. The largest absolute Gasteiger partial charge is 0.573 e. The first-order valence-electron chi connectivity index (χ1n) is 5.47. The van der Waals surface area contributed by atoms with E-state index in [2.05, 4.69) is 9.47 Å². The zero-order chi connectivity index (χ0) is 15.3. The zero-order valence-electron chi connectivity index (χ0n) is 10.3. The highest BCUT2D eigenvalue weighted by atomic mass is 19.4. The van der Waals surface area contributed by atoms with Crippen LogP contribution >= 0.6 is 0 Å². The van der Waals surface area contributed by atoms with Gasteiger partial charge in [-0.3, -0.25) is 4.79 Å². The van der Waals surface area contributed by atoms with Crippen molar-refractivity contribution < 1.29 is 36.2 Å². The van der Waals surface area contributed by atoms with Crippen LogP contribution in [0, 0.1) is 0 Å². The molecule has 0 saturated heterocycles. The minimum atomic E-state index is -5.06. The number of benzene rings is 1. The second-order valence-corrected chi connectivity index (χ2v) is 3.75. The van der Waals surface area contributed by atoms with E-state index in [4.69, 9.17) is 0 Å². The Hall–Kier alpha value is -1.86. The summed E-state index contributed by atoms with van der Waals surface area (Å²) >= 11 is 0. The monoisotopic (exact) mass is 298 g/mol. The minimum Gasteiger partial charge on any atom is -0.469 e. The van der Waals surface area contributed by atoms with Gasteiger partial charge in [0.1, 0.15) is 5.75 Å². The van der Waals surface area contributed by atoms with Gasteiger partial charge in [0.25, 0.3) is 6.43 Å². The molecule has 0 aliphatic carbocycles. The molecule has 0 aromatic heterocycles. The molecule has 0 bridgehead atoms. The van der Waals surface area contributed by atoms with E-state index in [-0.39, 0.29) is 18.4 Å². The predicted octanol–water partition coefficient (Wildman–Crippen LogP) is 3.63. The van der Waals surface area contributed by atoms with Gasteiger partial charge in [0.15, 0.2) is 0 Å². The highest BCUT2D eigenvalue weighted by Crippen LogP contribution is 2.35. The van der Waals surface area contributed by atoms with E-state index in [0.717, 1.165) is 19.2 Å². The Balaban J connectivity index is 3.05. The minimum absolute atomic E-state index is 0.0906. The molecule has 0 N–H and O–H groups in total. The zero-order valence-corrected chi connectivity index (χ0v) is 10.3. The summed E-state index contributed by atoms with van der Waals surface area (Å²) in [6.45, 7) is 0. The molecule has 0 atom stereocenters. The Morgan fingerprint density at radius 1 is 1.30 bits per heavy atom. The van der Waals surface area contributed by atoms with E-state index in [1.165, 1.54) is 6.07 Å². The molecule has 0 radical (unpaired) electrons. The molecule has 1 aromatic carbocycles. The predicted molar refractivity (Wildman–Crippen MR) is 58.4 cm³/mol. The van der Waals surface area contributed by atoms with Crippen molar-refractivity contribution in [1.82, 2.24) is 0 Å². The highest BCUT2D eigenvalue weighted by molar-refractivity contribution is 5.69. The third-order valence-corrected chi connectivity index (χ3v) is 2.43. The van der Waals surface area contributed by atoms with Gasteiger partial charge in [-0.25, -0.2) is 8.78 Å². The number of methoxy groups -OCH3 is 1. The van der Waals surface area contributed by atoms with Crippen LogP contribution in [0.1, 0.15) is 24.0 Å². The number of ether oxygens (including phenoxy) is 2. The molecule has 0 saturated carbocycles. The second kappa shape index (κ2) is 6.53. The lowest BCUT2D eigenvalue weighted by molar-refractivity contribution is -0.275. The van der Waals surface area contributed by atoms with Gasteiger partial charge in [-0.05, 0) is 18.1 Å². The molecule has 8 heteroatoms. The van der Waals surface area contributed by atoms with Crippen molar-refractivity contribution >= 4 is 5.97 Å². The third kappa shape index (κ3) is 4.67. The van der Waals surface area contributed by atoms with Crippen molar-refractivity contribution in [2.45, 2.75) is 25.6 Å². The van der Waals surface area contributed by atoms with Crippen LogP contribution < -0.4 is 4.74 Å². The molecule has 0 heterocycles. The normalized spacial score (nSPS) is 11.6. The van der Waals surface area contributed by atoms with Crippen molar-refractivity contribution in [3.8, 4) is 5.75 Å². The first kappa shape index (κ1) is 16.2. The fraction of sp³-hybridized carbons (Fsp3) is 0.417. The summed E-state index contributed by atoms with van der Waals surface area (Å²) in [5.41, 5.74) is -0.958. The summed E-state index contributed by atoms with van der Waals surface area (Å²) in [7, 11) is 1.12. The summed E-state index contributed by atoms with van der Waals surface area (Å²) in [6, 6.07) is 3.17. The topological polar surface area (TPSA) is 35.5 Å². The lowest BCUT2D eigenvalue weighted by Crippen LogP contribution is -2.18. The molecule has 0 spiro atoms. The first-order chi connectivity index (χ1) is 9.24. The van der Waals surface area contributed by atoms with E-state index < -0.39 is 30.1 Å². The summed E-state index contributed by atoms with van der Waals surface area (Å²) < 4.78 is 70.2. The lowest BCUT2D eigenvalue weighted by Gasteiger charge is -2.16. The number of carbonyl (C=O) groups is 1. The number of carbonyl (C=O) groups excluding carboxylic acids is 1. The van der Waals surface area contributed by atoms with Crippen LogP contribution in [0.4, 0.5) is 22.0 Å². The molecule has 0 aliphatic rings. The Labute approximate surface area is 111 Å². The number of aryl methyl sites for hydroxylation is 1. The Morgan fingerprint density at radius 3 is 2.45 bits per heavy atom. The van der Waals surface area contributed by atoms with Gasteiger partial charge in [0.05, 0.1) is 12.7 Å². The maximum atomic E-state index is 12.9. The van der Waals surface area contributed by atoms with Crippen LogP contribution in [0.3, 0.4) is 0 Å².